The quantitative estimate of drug-likeness (QED) is 0.769. The highest BCUT2D eigenvalue weighted by atomic mass is 32.2. The second-order valence-electron chi connectivity index (χ2n) is 6.76. The summed E-state index contributed by atoms with van der Waals surface area (Å²) in [6, 6.07) is 6.18. The van der Waals surface area contributed by atoms with Crippen molar-refractivity contribution in [1.82, 2.24) is 8.87 Å². The number of esters is 1. The molecule has 0 aliphatic carbocycles. The molecular weight excluding hydrogens is 382 g/mol. The maximum Gasteiger partial charge on any atom is 0.337 e. The molecule has 9 heteroatoms. The molecule has 1 amide bonds. The van der Waals surface area contributed by atoms with E-state index in [-0.39, 0.29) is 10.6 Å². The van der Waals surface area contributed by atoms with Crippen LogP contribution in [0.1, 0.15) is 39.3 Å². The van der Waals surface area contributed by atoms with Gasteiger partial charge in [-0.05, 0) is 49.6 Å². The predicted molar refractivity (Wildman–Crippen MR) is 104 cm³/mol. The second kappa shape index (κ2) is 7.76. The lowest BCUT2D eigenvalue weighted by atomic mass is 10.1. The number of rotatable bonds is 5. The van der Waals surface area contributed by atoms with Crippen LogP contribution >= 0.6 is 0 Å². The van der Waals surface area contributed by atoms with E-state index in [9.17, 15) is 18.0 Å². The number of amides is 1. The Hall–Kier alpha value is -2.65. The van der Waals surface area contributed by atoms with E-state index in [0.29, 0.717) is 29.9 Å². The molecule has 150 valence electrons. The molecule has 3 rings (SSSR count). The molecule has 1 fully saturated rings. The van der Waals surface area contributed by atoms with Crippen molar-refractivity contribution in [2.75, 3.05) is 25.5 Å². The highest BCUT2D eigenvalue weighted by Gasteiger charge is 2.29. The lowest BCUT2D eigenvalue weighted by Crippen LogP contribution is -2.27. The molecule has 1 aliphatic rings. The van der Waals surface area contributed by atoms with Crippen LogP contribution in [0.3, 0.4) is 0 Å². The standard InChI is InChI=1S/C19H23N3O5S/c1-13-10-14(19(24)27-3)6-7-16(13)20-18(23)17-11-15(12-21(17)2)28(25,26)22-8-4-5-9-22/h6-7,10-12H,4-5,8-9H2,1-3H3,(H,20,23). The first-order valence-corrected chi connectivity index (χ1v) is 10.3. The lowest BCUT2D eigenvalue weighted by Gasteiger charge is -2.13. The van der Waals surface area contributed by atoms with Crippen LogP contribution in [0.5, 0.6) is 0 Å². The van der Waals surface area contributed by atoms with Crippen LogP contribution in [0.2, 0.25) is 0 Å². The highest BCUT2D eigenvalue weighted by Crippen LogP contribution is 2.24. The molecule has 2 aromatic rings. The first-order valence-electron chi connectivity index (χ1n) is 8.91. The number of nitrogens with zero attached hydrogens (tertiary/aromatic N) is 2. The third-order valence-electron chi connectivity index (χ3n) is 4.81. The molecule has 2 heterocycles. The molecule has 0 bridgehead atoms. The lowest BCUT2D eigenvalue weighted by molar-refractivity contribution is 0.0600. The van der Waals surface area contributed by atoms with Crippen LogP contribution < -0.4 is 5.32 Å². The summed E-state index contributed by atoms with van der Waals surface area (Å²) in [5.74, 6) is -0.889. The average molecular weight is 405 g/mol. The molecule has 8 nitrogen and oxygen atoms in total. The van der Waals surface area contributed by atoms with Crippen molar-refractivity contribution in [3.8, 4) is 0 Å². The van der Waals surface area contributed by atoms with Gasteiger partial charge in [0.15, 0.2) is 0 Å². The van der Waals surface area contributed by atoms with Gasteiger partial charge in [0.1, 0.15) is 10.6 Å². The summed E-state index contributed by atoms with van der Waals surface area (Å²) < 4.78 is 33.0. The van der Waals surface area contributed by atoms with Gasteiger partial charge in [0.25, 0.3) is 5.91 Å². The van der Waals surface area contributed by atoms with E-state index >= 15 is 0 Å². The van der Waals surface area contributed by atoms with Gasteiger partial charge in [-0.25, -0.2) is 13.2 Å². The molecular formula is C19H23N3O5S. The zero-order chi connectivity index (χ0) is 20.5. The number of carbonyl (C=O) groups is 2. The third-order valence-corrected chi connectivity index (χ3v) is 6.67. The van der Waals surface area contributed by atoms with E-state index in [1.165, 1.54) is 28.2 Å². The van der Waals surface area contributed by atoms with Gasteiger partial charge in [0, 0.05) is 32.0 Å². The molecule has 0 spiro atoms. The van der Waals surface area contributed by atoms with E-state index in [0.717, 1.165) is 12.8 Å². The van der Waals surface area contributed by atoms with Crippen molar-refractivity contribution in [3.05, 3.63) is 47.3 Å². The van der Waals surface area contributed by atoms with Crippen LogP contribution in [0.4, 0.5) is 5.69 Å². The molecule has 1 aliphatic heterocycles. The zero-order valence-corrected chi connectivity index (χ0v) is 16.9. The van der Waals surface area contributed by atoms with Crippen molar-refractivity contribution in [2.24, 2.45) is 7.05 Å². The maximum atomic E-state index is 12.7. The summed E-state index contributed by atoms with van der Waals surface area (Å²) in [5.41, 5.74) is 1.84. The summed E-state index contributed by atoms with van der Waals surface area (Å²) in [6.07, 6.45) is 3.15. The van der Waals surface area contributed by atoms with Gasteiger partial charge in [0.2, 0.25) is 10.0 Å². The van der Waals surface area contributed by atoms with Gasteiger partial charge in [-0.3, -0.25) is 4.79 Å². The number of anilines is 1. The number of aryl methyl sites for hydroxylation is 2. The van der Waals surface area contributed by atoms with E-state index in [4.69, 9.17) is 0 Å². The number of sulfonamides is 1. The Balaban J connectivity index is 1.82. The Morgan fingerprint density at radius 2 is 1.82 bits per heavy atom. The maximum absolute atomic E-state index is 12.7. The molecule has 0 atom stereocenters. The number of hydrogen-bond acceptors (Lipinski definition) is 5. The first kappa shape index (κ1) is 20.1. The minimum absolute atomic E-state index is 0.111. The van der Waals surface area contributed by atoms with Crippen LogP contribution in [0, 0.1) is 6.92 Å². The Kier molecular flexibility index (Phi) is 5.57. The molecule has 0 unspecified atom stereocenters. The molecule has 0 saturated carbocycles. The second-order valence-corrected chi connectivity index (χ2v) is 8.70. The number of aromatic nitrogens is 1. The minimum Gasteiger partial charge on any atom is -0.465 e. The van der Waals surface area contributed by atoms with Gasteiger partial charge in [-0.1, -0.05) is 0 Å². The van der Waals surface area contributed by atoms with Crippen LogP contribution in [-0.2, 0) is 21.8 Å². The molecule has 1 aromatic carbocycles. The van der Waals surface area contributed by atoms with Crippen molar-refractivity contribution in [3.63, 3.8) is 0 Å². The number of ether oxygens (including phenoxy) is 1. The Morgan fingerprint density at radius 3 is 2.43 bits per heavy atom. The molecule has 28 heavy (non-hydrogen) atoms. The van der Waals surface area contributed by atoms with Gasteiger partial charge >= 0.3 is 5.97 Å². The fraction of sp³-hybridized carbons (Fsp3) is 0.368. The van der Waals surface area contributed by atoms with E-state index in [1.54, 1.807) is 32.2 Å². The van der Waals surface area contributed by atoms with Crippen LogP contribution in [0.15, 0.2) is 35.4 Å². The smallest absolute Gasteiger partial charge is 0.337 e. The number of benzene rings is 1. The summed E-state index contributed by atoms with van der Waals surface area (Å²) in [6.45, 7) is 2.77. The van der Waals surface area contributed by atoms with E-state index < -0.39 is 21.9 Å². The SMILES string of the molecule is COC(=O)c1ccc(NC(=O)c2cc(S(=O)(=O)N3CCCC3)cn2C)c(C)c1. The van der Waals surface area contributed by atoms with Crippen molar-refractivity contribution >= 4 is 27.6 Å². The number of nitrogens with one attached hydrogen (secondary N) is 1. The van der Waals surface area contributed by atoms with Crippen LogP contribution in [0.25, 0.3) is 0 Å². The summed E-state index contributed by atoms with van der Waals surface area (Å²) in [7, 11) is -0.660. The summed E-state index contributed by atoms with van der Waals surface area (Å²) in [4.78, 5) is 24.4. The first-order chi connectivity index (χ1) is 13.2. The normalized spacial score (nSPS) is 14.8. The third kappa shape index (κ3) is 3.81. The van der Waals surface area contributed by atoms with Crippen molar-refractivity contribution < 1.29 is 22.7 Å². The predicted octanol–water partition coefficient (Wildman–Crippen LogP) is 2.16. The fourth-order valence-corrected chi connectivity index (χ4v) is 4.80. The molecule has 0 radical (unpaired) electrons. The number of methoxy groups -OCH3 is 1. The number of hydrogen-bond donors (Lipinski definition) is 1. The van der Waals surface area contributed by atoms with Gasteiger partial charge in [-0.2, -0.15) is 4.31 Å². The number of carbonyl (C=O) groups excluding carboxylic acids is 2. The fourth-order valence-electron chi connectivity index (χ4n) is 3.21. The molecule has 1 saturated heterocycles. The zero-order valence-electron chi connectivity index (χ0n) is 16.1. The van der Waals surface area contributed by atoms with Crippen molar-refractivity contribution in [1.29, 1.82) is 0 Å². The minimum atomic E-state index is -3.59. The highest BCUT2D eigenvalue weighted by molar-refractivity contribution is 7.89. The average Bonchev–Trinajstić information content (AvgIpc) is 3.33. The Bertz CT molecular complexity index is 1020. The van der Waals surface area contributed by atoms with Gasteiger partial charge in [0.05, 0.1) is 12.7 Å². The molecule has 1 aromatic heterocycles. The van der Waals surface area contributed by atoms with Crippen LogP contribution in [-0.4, -0.2) is 49.4 Å². The van der Waals surface area contributed by atoms with Crippen molar-refractivity contribution in [2.45, 2.75) is 24.7 Å². The topological polar surface area (TPSA) is 97.7 Å². The summed E-state index contributed by atoms with van der Waals surface area (Å²) >= 11 is 0. The monoisotopic (exact) mass is 405 g/mol. The van der Waals surface area contributed by atoms with Gasteiger partial charge in [-0.15, -0.1) is 0 Å². The molecule has 1 N–H and O–H groups in total. The Labute approximate surface area is 164 Å². The van der Waals surface area contributed by atoms with E-state index in [2.05, 4.69) is 10.1 Å². The summed E-state index contributed by atoms with van der Waals surface area (Å²) in [5, 5.41) is 2.77. The van der Waals surface area contributed by atoms with E-state index in [1.807, 2.05) is 0 Å². The van der Waals surface area contributed by atoms with Gasteiger partial charge < -0.3 is 14.6 Å². The largest absolute Gasteiger partial charge is 0.465 e. The Morgan fingerprint density at radius 1 is 1.14 bits per heavy atom.